The molecule has 10 heteroatoms. The fraction of sp³-hybridized carbons (Fsp3) is 0.385. The van der Waals surface area contributed by atoms with Crippen molar-refractivity contribution >= 4 is 50.5 Å². The smallest absolute Gasteiger partial charge is 0.275 e. The molecule has 1 aliphatic rings. The molecule has 0 aliphatic carbocycles. The molecule has 1 fully saturated rings. The first-order valence-corrected chi connectivity index (χ1v) is 8.60. The number of amides is 2. The van der Waals surface area contributed by atoms with Crippen LogP contribution in [-0.4, -0.2) is 47.5 Å². The maximum Gasteiger partial charge on any atom is 0.275 e. The molecular weight excluding hydrogens is 338 g/mol. The zero-order valence-corrected chi connectivity index (χ0v) is 14.0. The molecule has 0 aromatic carbocycles. The fourth-order valence-corrected chi connectivity index (χ4v) is 3.58. The summed E-state index contributed by atoms with van der Waals surface area (Å²) in [5.74, 6) is -0.546. The lowest BCUT2D eigenvalue weighted by molar-refractivity contribution is -0.114. The third-order valence-corrected chi connectivity index (χ3v) is 4.74. The summed E-state index contributed by atoms with van der Waals surface area (Å²) in [4.78, 5) is 29.5. The maximum atomic E-state index is 12.3. The Hall–Kier alpha value is -2.04. The minimum Gasteiger partial charge on any atom is -0.378 e. The third-order valence-electron chi connectivity index (χ3n) is 3.12. The van der Waals surface area contributed by atoms with Crippen LogP contribution in [0.1, 0.15) is 17.4 Å². The SMILES string of the molecule is CC(=O)Nc1nc(C(=O)Nc2cnsc2N2CCOCC2)cs1. The molecule has 2 N–H and O–H groups in total. The molecule has 8 nitrogen and oxygen atoms in total. The quantitative estimate of drug-likeness (QED) is 0.867. The number of carbonyl (C=O) groups is 2. The Kier molecular flexibility index (Phi) is 4.84. The van der Waals surface area contributed by atoms with Crippen LogP contribution in [0.3, 0.4) is 0 Å². The average Bonchev–Trinajstić information content (AvgIpc) is 3.17. The van der Waals surface area contributed by atoms with E-state index in [1.807, 2.05) is 0 Å². The van der Waals surface area contributed by atoms with Gasteiger partial charge in [0.2, 0.25) is 5.91 Å². The van der Waals surface area contributed by atoms with Gasteiger partial charge in [0.05, 0.1) is 25.1 Å². The summed E-state index contributed by atoms with van der Waals surface area (Å²) in [5.41, 5.74) is 0.925. The highest BCUT2D eigenvalue weighted by molar-refractivity contribution is 7.14. The van der Waals surface area contributed by atoms with Gasteiger partial charge in [0, 0.05) is 25.4 Å². The Morgan fingerprint density at radius 1 is 1.30 bits per heavy atom. The van der Waals surface area contributed by atoms with Gasteiger partial charge < -0.3 is 20.3 Å². The van der Waals surface area contributed by atoms with Crippen molar-refractivity contribution in [1.29, 1.82) is 0 Å². The second kappa shape index (κ2) is 7.02. The third kappa shape index (κ3) is 3.84. The van der Waals surface area contributed by atoms with E-state index < -0.39 is 0 Å². The number of rotatable bonds is 4. The van der Waals surface area contributed by atoms with E-state index in [2.05, 4.69) is 24.9 Å². The average molecular weight is 353 g/mol. The number of ether oxygens (including phenoxy) is 1. The van der Waals surface area contributed by atoms with Gasteiger partial charge in [-0.3, -0.25) is 9.59 Å². The molecule has 0 atom stereocenters. The van der Waals surface area contributed by atoms with Crippen LogP contribution < -0.4 is 15.5 Å². The van der Waals surface area contributed by atoms with Crippen molar-refractivity contribution in [2.45, 2.75) is 6.92 Å². The number of thiazole rings is 1. The zero-order valence-electron chi connectivity index (χ0n) is 12.4. The number of hydrogen-bond donors (Lipinski definition) is 2. The van der Waals surface area contributed by atoms with Crippen molar-refractivity contribution in [2.75, 3.05) is 41.8 Å². The van der Waals surface area contributed by atoms with Crippen LogP contribution in [0.5, 0.6) is 0 Å². The van der Waals surface area contributed by atoms with E-state index in [1.54, 1.807) is 11.6 Å². The van der Waals surface area contributed by atoms with Gasteiger partial charge in [-0.05, 0) is 11.5 Å². The summed E-state index contributed by atoms with van der Waals surface area (Å²) in [7, 11) is 0. The monoisotopic (exact) mass is 353 g/mol. The molecule has 2 aromatic heterocycles. The molecule has 3 rings (SSSR count). The van der Waals surface area contributed by atoms with Gasteiger partial charge in [0.1, 0.15) is 10.7 Å². The molecule has 0 unspecified atom stereocenters. The lowest BCUT2D eigenvalue weighted by Crippen LogP contribution is -2.36. The summed E-state index contributed by atoms with van der Waals surface area (Å²) in [5, 5.41) is 8.31. The molecule has 0 saturated carbocycles. The highest BCUT2D eigenvalue weighted by atomic mass is 32.1. The first-order valence-electron chi connectivity index (χ1n) is 6.95. The second-order valence-corrected chi connectivity index (χ2v) is 6.46. The lowest BCUT2D eigenvalue weighted by atomic mass is 10.4. The van der Waals surface area contributed by atoms with Crippen molar-refractivity contribution < 1.29 is 14.3 Å². The summed E-state index contributed by atoms with van der Waals surface area (Å²) in [6.45, 7) is 4.27. The van der Waals surface area contributed by atoms with Gasteiger partial charge in [-0.1, -0.05) is 0 Å². The van der Waals surface area contributed by atoms with E-state index in [9.17, 15) is 9.59 Å². The van der Waals surface area contributed by atoms with Crippen molar-refractivity contribution in [3.05, 3.63) is 17.3 Å². The van der Waals surface area contributed by atoms with Crippen molar-refractivity contribution in [1.82, 2.24) is 9.36 Å². The van der Waals surface area contributed by atoms with E-state index in [1.165, 1.54) is 29.8 Å². The Morgan fingerprint density at radius 3 is 2.83 bits per heavy atom. The van der Waals surface area contributed by atoms with Crippen LogP contribution in [0.4, 0.5) is 15.8 Å². The van der Waals surface area contributed by atoms with Gasteiger partial charge in [0.15, 0.2) is 5.13 Å². The normalized spacial score (nSPS) is 14.6. The first kappa shape index (κ1) is 15.8. The van der Waals surface area contributed by atoms with Crippen molar-refractivity contribution in [2.24, 2.45) is 0 Å². The van der Waals surface area contributed by atoms with Crippen molar-refractivity contribution in [3.8, 4) is 0 Å². The molecule has 1 saturated heterocycles. The Balaban J connectivity index is 1.69. The van der Waals surface area contributed by atoms with Crippen LogP contribution in [0.15, 0.2) is 11.6 Å². The molecule has 2 amide bonds. The molecule has 0 spiro atoms. The largest absolute Gasteiger partial charge is 0.378 e. The molecule has 1 aliphatic heterocycles. The van der Waals surface area contributed by atoms with E-state index >= 15 is 0 Å². The minimum atomic E-state index is -0.326. The number of anilines is 3. The molecule has 23 heavy (non-hydrogen) atoms. The molecule has 0 bridgehead atoms. The molecular formula is C13H15N5O3S2. The Morgan fingerprint density at radius 2 is 2.09 bits per heavy atom. The van der Waals surface area contributed by atoms with E-state index in [-0.39, 0.29) is 17.5 Å². The summed E-state index contributed by atoms with van der Waals surface area (Å²) < 4.78 is 9.49. The van der Waals surface area contributed by atoms with Crippen molar-refractivity contribution in [3.63, 3.8) is 0 Å². The number of nitrogens with zero attached hydrogens (tertiary/aromatic N) is 3. The van der Waals surface area contributed by atoms with Crippen LogP contribution >= 0.6 is 22.9 Å². The maximum absolute atomic E-state index is 12.3. The number of carbonyl (C=O) groups excluding carboxylic acids is 2. The van der Waals surface area contributed by atoms with Gasteiger partial charge >= 0.3 is 0 Å². The number of aromatic nitrogens is 2. The van der Waals surface area contributed by atoms with E-state index in [4.69, 9.17) is 4.74 Å². The standard InChI is InChI=1S/C13H15N5O3S2/c1-8(19)15-13-17-10(7-22-13)11(20)16-9-6-14-23-12(9)18-2-4-21-5-3-18/h6-7H,2-5H2,1H3,(H,16,20)(H,15,17,19). The zero-order chi connectivity index (χ0) is 16.2. The van der Waals surface area contributed by atoms with Crippen LogP contribution in [-0.2, 0) is 9.53 Å². The van der Waals surface area contributed by atoms with Gasteiger partial charge in [-0.2, -0.15) is 4.37 Å². The Labute approximate surface area is 140 Å². The lowest BCUT2D eigenvalue weighted by Gasteiger charge is -2.27. The summed E-state index contributed by atoms with van der Waals surface area (Å²) in [6.07, 6.45) is 1.63. The molecule has 0 radical (unpaired) electrons. The summed E-state index contributed by atoms with van der Waals surface area (Å²) >= 11 is 2.54. The fourth-order valence-electron chi connectivity index (χ4n) is 2.09. The minimum absolute atomic E-state index is 0.219. The van der Waals surface area contributed by atoms with Crippen LogP contribution in [0, 0.1) is 0 Å². The summed E-state index contributed by atoms with van der Waals surface area (Å²) in [6, 6.07) is 0. The first-order chi connectivity index (χ1) is 11.1. The predicted molar refractivity (Wildman–Crippen MR) is 89.5 cm³/mol. The highest BCUT2D eigenvalue weighted by Gasteiger charge is 2.20. The molecule has 2 aromatic rings. The highest BCUT2D eigenvalue weighted by Crippen LogP contribution is 2.31. The number of nitrogens with one attached hydrogen (secondary N) is 2. The van der Waals surface area contributed by atoms with Crippen LogP contribution in [0.2, 0.25) is 0 Å². The second-order valence-electron chi connectivity index (χ2n) is 4.82. The molecule has 3 heterocycles. The predicted octanol–water partition coefficient (Wildman–Crippen LogP) is 1.65. The molecule has 122 valence electrons. The Bertz CT molecular complexity index is 708. The van der Waals surface area contributed by atoms with Crippen LogP contribution in [0.25, 0.3) is 0 Å². The van der Waals surface area contributed by atoms with E-state index in [0.717, 1.165) is 18.1 Å². The van der Waals surface area contributed by atoms with Gasteiger partial charge in [0.25, 0.3) is 5.91 Å². The van der Waals surface area contributed by atoms with Gasteiger partial charge in [-0.15, -0.1) is 11.3 Å². The van der Waals surface area contributed by atoms with Gasteiger partial charge in [-0.25, -0.2) is 4.98 Å². The number of hydrogen-bond acceptors (Lipinski definition) is 8. The topological polar surface area (TPSA) is 96.5 Å². The van der Waals surface area contributed by atoms with E-state index in [0.29, 0.717) is 24.0 Å². The number of morpholine rings is 1.